The maximum absolute atomic E-state index is 12.6. The van der Waals surface area contributed by atoms with E-state index in [1.165, 1.54) is 29.3 Å². The number of hydrogen-bond donors (Lipinski definition) is 0. The van der Waals surface area contributed by atoms with Crippen molar-refractivity contribution >= 4 is 16.8 Å². The quantitative estimate of drug-likeness (QED) is 0.852. The molecule has 4 rings (SSSR count). The van der Waals surface area contributed by atoms with Gasteiger partial charge in [0.25, 0.3) is 0 Å². The van der Waals surface area contributed by atoms with E-state index in [-0.39, 0.29) is 0 Å². The van der Waals surface area contributed by atoms with Gasteiger partial charge in [-0.05, 0) is 43.2 Å². The molecule has 3 heterocycles. The van der Waals surface area contributed by atoms with Gasteiger partial charge in [-0.3, -0.25) is 9.78 Å². The van der Waals surface area contributed by atoms with Gasteiger partial charge in [0.1, 0.15) is 0 Å². The third-order valence-electron chi connectivity index (χ3n) is 5.77. The highest BCUT2D eigenvalue weighted by Crippen LogP contribution is 2.35. The van der Waals surface area contributed by atoms with Crippen LogP contribution in [-0.2, 0) is 11.8 Å². The van der Waals surface area contributed by atoms with Crippen LogP contribution in [0.5, 0.6) is 0 Å². The van der Waals surface area contributed by atoms with Gasteiger partial charge in [-0.15, -0.1) is 0 Å². The lowest BCUT2D eigenvalue weighted by Gasteiger charge is -2.33. The fraction of sp³-hybridized carbons (Fsp3) is 0.579. The summed E-state index contributed by atoms with van der Waals surface area (Å²) in [5.74, 6) is 1.30. The van der Waals surface area contributed by atoms with Crippen molar-refractivity contribution in [3.63, 3.8) is 0 Å². The predicted molar refractivity (Wildman–Crippen MR) is 91.2 cm³/mol. The molecule has 0 spiro atoms. The molecule has 0 atom stereocenters. The van der Waals surface area contributed by atoms with Crippen LogP contribution in [0.15, 0.2) is 24.7 Å². The summed E-state index contributed by atoms with van der Waals surface area (Å²) in [6.45, 7) is 1.84. The van der Waals surface area contributed by atoms with Crippen molar-refractivity contribution in [3.8, 4) is 0 Å². The Morgan fingerprint density at radius 3 is 2.65 bits per heavy atom. The first-order valence-electron chi connectivity index (χ1n) is 8.92. The average Bonchev–Trinajstić information content (AvgIpc) is 3.23. The number of aryl methyl sites for hydroxylation is 1. The Bertz CT molecular complexity index is 706. The Balaban J connectivity index is 1.47. The molecule has 4 nitrogen and oxygen atoms in total. The molecule has 0 unspecified atom stereocenters. The molecule has 0 N–H and O–H groups in total. The van der Waals surface area contributed by atoms with Crippen LogP contribution in [0.1, 0.15) is 50.0 Å². The van der Waals surface area contributed by atoms with Crippen LogP contribution in [0.4, 0.5) is 0 Å². The van der Waals surface area contributed by atoms with E-state index >= 15 is 0 Å². The minimum atomic E-state index is 0.315. The first kappa shape index (κ1) is 14.7. The lowest BCUT2D eigenvalue weighted by molar-refractivity contribution is -0.136. The zero-order valence-corrected chi connectivity index (χ0v) is 13.9. The Labute approximate surface area is 137 Å². The number of hydrogen-bond acceptors (Lipinski definition) is 2. The van der Waals surface area contributed by atoms with Crippen LogP contribution in [0.25, 0.3) is 10.9 Å². The highest BCUT2D eigenvalue weighted by molar-refractivity contribution is 5.83. The lowest BCUT2D eigenvalue weighted by Crippen LogP contribution is -2.40. The fourth-order valence-corrected chi connectivity index (χ4v) is 4.43. The third-order valence-corrected chi connectivity index (χ3v) is 5.77. The van der Waals surface area contributed by atoms with Crippen LogP contribution < -0.4 is 0 Å². The summed E-state index contributed by atoms with van der Waals surface area (Å²) in [4.78, 5) is 18.9. The summed E-state index contributed by atoms with van der Waals surface area (Å²) in [6, 6.07) is 2.13. The van der Waals surface area contributed by atoms with Crippen molar-refractivity contribution in [1.82, 2.24) is 14.5 Å². The summed E-state index contributed by atoms with van der Waals surface area (Å²) in [6.07, 6.45) is 12.9. The van der Waals surface area contributed by atoms with Crippen LogP contribution >= 0.6 is 0 Å². The molecule has 2 aromatic heterocycles. The average molecular weight is 311 g/mol. The molecule has 1 saturated heterocycles. The number of carbonyl (C=O) groups is 1. The van der Waals surface area contributed by atoms with E-state index in [4.69, 9.17) is 0 Å². The second kappa shape index (κ2) is 5.99. The van der Waals surface area contributed by atoms with E-state index in [9.17, 15) is 4.79 Å². The van der Waals surface area contributed by atoms with Gasteiger partial charge in [0.2, 0.25) is 5.91 Å². The van der Waals surface area contributed by atoms with Crippen molar-refractivity contribution in [2.24, 2.45) is 13.0 Å². The first-order chi connectivity index (χ1) is 11.2. The van der Waals surface area contributed by atoms with E-state index in [0.29, 0.717) is 17.7 Å². The minimum absolute atomic E-state index is 0.315. The zero-order valence-electron chi connectivity index (χ0n) is 13.9. The molecule has 1 saturated carbocycles. The second-order valence-electron chi connectivity index (χ2n) is 7.17. The maximum atomic E-state index is 12.6. The summed E-state index contributed by atoms with van der Waals surface area (Å²) < 4.78 is 2.17. The number of amides is 1. The highest BCUT2D eigenvalue weighted by atomic mass is 16.2. The fourth-order valence-electron chi connectivity index (χ4n) is 4.43. The van der Waals surface area contributed by atoms with Crippen molar-refractivity contribution in [2.75, 3.05) is 13.1 Å². The summed E-state index contributed by atoms with van der Waals surface area (Å²) >= 11 is 0. The smallest absolute Gasteiger partial charge is 0.225 e. The third kappa shape index (κ3) is 2.64. The molecule has 1 aliphatic carbocycles. The summed E-state index contributed by atoms with van der Waals surface area (Å²) in [7, 11) is 2.09. The number of aromatic nitrogens is 2. The van der Waals surface area contributed by atoms with E-state index in [0.717, 1.165) is 38.8 Å². The van der Waals surface area contributed by atoms with Gasteiger partial charge in [0.05, 0.1) is 11.7 Å². The number of carbonyl (C=O) groups excluding carboxylic acids is 1. The zero-order chi connectivity index (χ0) is 15.8. The number of fused-ring (bicyclic) bond motifs is 1. The summed E-state index contributed by atoms with van der Waals surface area (Å²) in [5, 5.41) is 1.32. The summed E-state index contributed by atoms with van der Waals surface area (Å²) in [5.41, 5.74) is 2.63. The highest BCUT2D eigenvalue weighted by Gasteiger charge is 2.31. The van der Waals surface area contributed by atoms with Crippen LogP contribution in [0.2, 0.25) is 0 Å². The number of likely N-dealkylation sites (tertiary alicyclic amines) is 1. The molecular weight excluding hydrogens is 286 g/mol. The number of pyridine rings is 1. The van der Waals surface area contributed by atoms with Crippen LogP contribution in [-0.4, -0.2) is 33.4 Å². The van der Waals surface area contributed by atoms with Crippen molar-refractivity contribution in [1.29, 1.82) is 0 Å². The molecular formula is C19H25N3O. The topological polar surface area (TPSA) is 38.1 Å². The molecule has 2 aliphatic rings. The van der Waals surface area contributed by atoms with Gasteiger partial charge >= 0.3 is 0 Å². The van der Waals surface area contributed by atoms with Gasteiger partial charge in [-0.25, -0.2) is 0 Å². The molecule has 23 heavy (non-hydrogen) atoms. The normalized spacial score (nSPS) is 20.5. The molecule has 1 aliphatic heterocycles. The van der Waals surface area contributed by atoms with Gasteiger partial charge in [0, 0.05) is 43.8 Å². The largest absolute Gasteiger partial charge is 0.349 e. The van der Waals surface area contributed by atoms with E-state index < -0.39 is 0 Å². The number of rotatable bonds is 2. The minimum Gasteiger partial charge on any atom is -0.349 e. The maximum Gasteiger partial charge on any atom is 0.225 e. The van der Waals surface area contributed by atoms with Gasteiger partial charge < -0.3 is 9.47 Å². The van der Waals surface area contributed by atoms with E-state index in [1.54, 1.807) is 0 Å². The van der Waals surface area contributed by atoms with Crippen LogP contribution in [0, 0.1) is 5.92 Å². The molecule has 0 radical (unpaired) electrons. The Hall–Kier alpha value is -1.84. The number of piperidine rings is 1. The molecule has 2 fully saturated rings. The lowest BCUT2D eigenvalue weighted by atomic mass is 9.89. The SMILES string of the molecule is Cn1cc(C2CCN(C(=O)C3CCCC3)CC2)c2ccncc21. The first-order valence-corrected chi connectivity index (χ1v) is 8.92. The molecule has 4 heteroatoms. The Kier molecular flexibility index (Phi) is 3.83. The Morgan fingerprint density at radius 2 is 1.91 bits per heavy atom. The monoisotopic (exact) mass is 311 g/mol. The molecule has 1 amide bonds. The van der Waals surface area contributed by atoms with Crippen molar-refractivity contribution in [3.05, 3.63) is 30.2 Å². The second-order valence-corrected chi connectivity index (χ2v) is 7.17. The van der Waals surface area contributed by atoms with Gasteiger partial charge in [0.15, 0.2) is 0 Å². The molecule has 0 bridgehead atoms. The number of nitrogens with zero attached hydrogens (tertiary/aromatic N) is 3. The standard InChI is InChI=1S/C19H25N3O/c1-21-13-17(16-6-9-20-12-18(16)21)14-7-10-22(11-8-14)19(23)15-4-2-3-5-15/h6,9,12-15H,2-5,7-8,10-11H2,1H3. The molecule has 2 aromatic rings. The molecule has 122 valence electrons. The van der Waals surface area contributed by atoms with Crippen LogP contribution in [0.3, 0.4) is 0 Å². The predicted octanol–water partition coefficient (Wildman–Crippen LogP) is 3.47. The molecule has 0 aromatic carbocycles. The van der Waals surface area contributed by atoms with E-state index in [1.807, 2.05) is 12.4 Å². The van der Waals surface area contributed by atoms with E-state index in [2.05, 4.69) is 33.8 Å². The van der Waals surface area contributed by atoms with Gasteiger partial charge in [-0.1, -0.05) is 12.8 Å². The van der Waals surface area contributed by atoms with Gasteiger partial charge in [-0.2, -0.15) is 0 Å². The Morgan fingerprint density at radius 1 is 1.17 bits per heavy atom. The van der Waals surface area contributed by atoms with Crippen molar-refractivity contribution in [2.45, 2.75) is 44.4 Å². The van der Waals surface area contributed by atoms with Crippen molar-refractivity contribution < 1.29 is 4.79 Å².